The molecule has 0 aliphatic carbocycles. The van der Waals surface area contributed by atoms with Crippen LogP contribution in [0.2, 0.25) is 5.28 Å². The third-order valence-corrected chi connectivity index (χ3v) is 6.62. The van der Waals surface area contributed by atoms with Gasteiger partial charge in [0.15, 0.2) is 0 Å². The molecule has 8 nitrogen and oxygen atoms in total. The molecule has 24 heavy (non-hydrogen) atoms. The van der Waals surface area contributed by atoms with E-state index in [-0.39, 0.29) is 21.4 Å². The van der Waals surface area contributed by atoms with Gasteiger partial charge in [0.05, 0.1) is 30.7 Å². The van der Waals surface area contributed by atoms with Crippen molar-refractivity contribution in [2.45, 2.75) is 30.0 Å². The van der Waals surface area contributed by atoms with E-state index >= 15 is 0 Å². The highest BCUT2D eigenvalue weighted by molar-refractivity contribution is 7.92. The maximum Gasteiger partial charge on any atom is 0.233 e. The Morgan fingerprint density at radius 1 is 1.42 bits per heavy atom. The van der Waals surface area contributed by atoms with Crippen molar-refractivity contribution in [1.82, 2.24) is 20.2 Å². The van der Waals surface area contributed by atoms with Gasteiger partial charge in [-0.25, -0.2) is 18.4 Å². The molecule has 1 aliphatic heterocycles. The third-order valence-electron chi connectivity index (χ3n) is 3.51. The van der Waals surface area contributed by atoms with Gasteiger partial charge in [-0.1, -0.05) is 11.3 Å². The molecular formula is C13H16ClN5O3S2. The molecule has 1 saturated heterocycles. The van der Waals surface area contributed by atoms with Gasteiger partial charge in [-0.2, -0.15) is 0 Å². The van der Waals surface area contributed by atoms with Crippen LogP contribution >= 0.6 is 22.9 Å². The van der Waals surface area contributed by atoms with Crippen LogP contribution in [-0.2, 0) is 20.3 Å². The van der Waals surface area contributed by atoms with Crippen LogP contribution in [0.1, 0.15) is 17.6 Å². The SMILES string of the molecule is Cc1nnc(S(=O)(=O)Cc2cc(N3CCOC[C@@H]3C)nc(Cl)n2)s1. The number of morpholine rings is 1. The van der Waals surface area contributed by atoms with Crippen molar-refractivity contribution < 1.29 is 13.2 Å². The third kappa shape index (κ3) is 3.82. The fraction of sp³-hybridized carbons (Fsp3) is 0.538. The van der Waals surface area contributed by atoms with E-state index in [4.69, 9.17) is 16.3 Å². The number of halogens is 1. The quantitative estimate of drug-likeness (QED) is 0.725. The first-order chi connectivity index (χ1) is 11.3. The molecule has 130 valence electrons. The molecule has 0 aromatic carbocycles. The van der Waals surface area contributed by atoms with E-state index in [1.54, 1.807) is 13.0 Å². The lowest BCUT2D eigenvalue weighted by atomic mass is 10.2. The van der Waals surface area contributed by atoms with E-state index < -0.39 is 9.84 Å². The summed E-state index contributed by atoms with van der Waals surface area (Å²) in [5.74, 6) is 0.305. The highest BCUT2D eigenvalue weighted by Gasteiger charge is 2.24. The zero-order chi connectivity index (χ0) is 17.3. The van der Waals surface area contributed by atoms with Crippen LogP contribution in [0.4, 0.5) is 5.82 Å². The van der Waals surface area contributed by atoms with Crippen LogP contribution in [0.15, 0.2) is 10.4 Å². The topological polar surface area (TPSA) is 98.2 Å². The van der Waals surface area contributed by atoms with Crippen LogP contribution in [-0.4, -0.2) is 54.4 Å². The lowest BCUT2D eigenvalue weighted by Gasteiger charge is -2.34. The van der Waals surface area contributed by atoms with Crippen molar-refractivity contribution in [3.63, 3.8) is 0 Å². The normalized spacial score (nSPS) is 18.8. The molecule has 1 atom stereocenters. The van der Waals surface area contributed by atoms with Crippen molar-refractivity contribution in [2.75, 3.05) is 24.7 Å². The number of hydrogen-bond donors (Lipinski definition) is 0. The summed E-state index contributed by atoms with van der Waals surface area (Å²) in [6.45, 7) is 5.55. The van der Waals surface area contributed by atoms with Crippen LogP contribution in [0, 0.1) is 6.92 Å². The van der Waals surface area contributed by atoms with Crippen molar-refractivity contribution in [2.24, 2.45) is 0 Å². The van der Waals surface area contributed by atoms with Gasteiger partial charge in [0, 0.05) is 12.6 Å². The summed E-state index contributed by atoms with van der Waals surface area (Å²) in [5.41, 5.74) is 0.330. The Balaban J connectivity index is 1.89. The maximum absolute atomic E-state index is 12.4. The molecule has 2 aromatic heterocycles. The van der Waals surface area contributed by atoms with Crippen LogP contribution < -0.4 is 4.90 Å². The van der Waals surface area contributed by atoms with Gasteiger partial charge in [-0.3, -0.25) is 0 Å². The molecule has 11 heteroatoms. The summed E-state index contributed by atoms with van der Waals surface area (Å²) >= 11 is 7.03. The number of nitrogens with zero attached hydrogens (tertiary/aromatic N) is 5. The molecule has 0 unspecified atom stereocenters. The highest BCUT2D eigenvalue weighted by Crippen LogP contribution is 2.24. The monoisotopic (exact) mass is 389 g/mol. The van der Waals surface area contributed by atoms with Gasteiger partial charge in [-0.05, 0) is 25.4 Å². The lowest BCUT2D eigenvalue weighted by molar-refractivity contribution is 0.0985. The highest BCUT2D eigenvalue weighted by atomic mass is 35.5. The summed E-state index contributed by atoms with van der Waals surface area (Å²) in [5, 5.41) is 8.07. The van der Waals surface area contributed by atoms with Gasteiger partial charge in [0.1, 0.15) is 10.8 Å². The summed E-state index contributed by atoms with van der Waals surface area (Å²) in [6, 6.07) is 1.78. The van der Waals surface area contributed by atoms with Gasteiger partial charge in [0.2, 0.25) is 19.5 Å². The minimum Gasteiger partial charge on any atom is -0.377 e. The number of rotatable bonds is 4. The molecule has 0 spiro atoms. The Morgan fingerprint density at radius 2 is 2.21 bits per heavy atom. The molecule has 0 saturated carbocycles. The van der Waals surface area contributed by atoms with E-state index in [9.17, 15) is 8.42 Å². The smallest absolute Gasteiger partial charge is 0.233 e. The lowest BCUT2D eigenvalue weighted by Crippen LogP contribution is -2.44. The van der Waals surface area contributed by atoms with E-state index in [2.05, 4.69) is 20.2 Å². The predicted octanol–water partition coefficient (Wildman–Crippen LogP) is 1.49. The molecule has 3 rings (SSSR count). The molecule has 2 aromatic rings. The molecule has 1 fully saturated rings. The average molecular weight is 390 g/mol. The van der Waals surface area contributed by atoms with Gasteiger partial charge in [-0.15, -0.1) is 10.2 Å². The number of aromatic nitrogens is 4. The van der Waals surface area contributed by atoms with Crippen molar-refractivity contribution in [3.8, 4) is 0 Å². The van der Waals surface area contributed by atoms with Crippen molar-refractivity contribution in [3.05, 3.63) is 22.1 Å². The Bertz CT molecular complexity index is 842. The first-order valence-corrected chi connectivity index (χ1v) is 10.1. The second-order valence-corrected chi connectivity index (χ2v) is 9.13. The van der Waals surface area contributed by atoms with E-state index in [0.29, 0.717) is 36.3 Å². The van der Waals surface area contributed by atoms with Gasteiger partial charge in [0.25, 0.3) is 0 Å². The second-order valence-electron chi connectivity index (χ2n) is 5.45. The van der Waals surface area contributed by atoms with E-state index in [0.717, 1.165) is 11.3 Å². The van der Waals surface area contributed by atoms with Gasteiger partial charge >= 0.3 is 0 Å². The zero-order valence-corrected chi connectivity index (χ0v) is 15.5. The largest absolute Gasteiger partial charge is 0.377 e. The van der Waals surface area contributed by atoms with E-state index in [1.165, 1.54) is 0 Å². The molecule has 0 radical (unpaired) electrons. The molecular weight excluding hydrogens is 374 g/mol. The second kappa shape index (κ2) is 6.87. The zero-order valence-electron chi connectivity index (χ0n) is 13.1. The number of aryl methyl sites for hydroxylation is 1. The molecule has 1 aliphatic rings. The summed E-state index contributed by atoms with van der Waals surface area (Å²) < 4.78 is 30.3. The van der Waals surface area contributed by atoms with Crippen LogP contribution in [0.25, 0.3) is 0 Å². The minimum atomic E-state index is -3.62. The van der Waals surface area contributed by atoms with Crippen molar-refractivity contribution in [1.29, 1.82) is 0 Å². The molecule has 0 amide bonds. The fourth-order valence-electron chi connectivity index (χ4n) is 2.40. The molecule has 0 bridgehead atoms. The van der Waals surface area contributed by atoms with Crippen LogP contribution in [0.5, 0.6) is 0 Å². The Labute approximate surface area is 148 Å². The number of sulfone groups is 1. The maximum atomic E-state index is 12.4. The first-order valence-electron chi connectivity index (χ1n) is 7.26. The summed E-state index contributed by atoms with van der Waals surface area (Å²) in [6.07, 6.45) is 0. The number of ether oxygens (including phenoxy) is 1. The number of hydrogen-bond acceptors (Lipinski definition) is 9. The molecule has 3 heterocycles. The average Bonchev–Trinajstić information content (AvgIpc) is 2.94. The first kappa shape index (κ1) is 17.5. The Hall–Kier alpha value is -1.36. The summed E-state index contributed by atoms with van der Waals surface area (Å²) in [7, 11) is -3.62. The Morgan fingerprint density at radius 3 is 2.88 bits per heavy atom. The Kier molecular flexibility index (Phi) is 5.00. The van der Waals surface area contributed by atoms with Crippen LogP contribution in [0.3, 0.4) is 0 Å². The van der Waals surface area contributed by atoms with E-state index in [1.807, 2.05) is 11.8 Å². The fourth-order valence-corrected chi connectivity index (χ4v) is 4.88. The standard InChI is InChI=1S/C13H16ClN5O3S2/c1-8-6-22-4-3-19(8)11-5-10(15-12(14)16-11)7-24(20,21)13-18-17-9(2)23-13/h5,8H,3-4,6-7H2,1-2H3/t8-/m0/s1. The van der Waals surface area contributed by atoms with Gasteiger partial charge < -0.3 is 9.64 Å². The minimum absolute atomic E-state index is 0.0176. The predicted molar refractivity (Wildman–Crippen MR) is 90.2 cm³/mol. The number of anilines is 1. The summed E-state index contributed by atoms with van der Waals surface area (Å²) in [4.78, 5) is 10.3. The van der Waals surface area contributed by atoms with Crippen molar-refractivity contribution >= 4 is 38.6 Å². The molecule has 0 N–H and O–H groups in total.